The molecule has 0 radical (unpaired) electrons. The van der Waals surface area contributed by atoms with E-state index in [9.17, 15) is 9.90 Å². The van der Waals surface area contributed by atoms with Gasteiger partial charge in [-0.25, -0.2) is 0 Å². The molecule has 16 heavy (non-hydrogen) atoms. The Labute approximate surface area is 96.6 Å². The third-order valence-electron chi connectivity index (χ3n) is 3.62. The number of carbonyl (C=O) groups is 1. The van der Waals surface area contributed by atoms with Crippen LogP contribution in [0.25, 0.3) is 0 Å². The van der Waals surface area contributed by atoms with Crippen LogP contribution in [-0.4, -0.2) is 40.4 Å². The SMILES string of the molecule is CC(C)(C)OCN1[C@@H]2CC[C@@H](C2)[C@H]1C(=O)O. The molecule has 2 rings (SSSR count). The van der Waals surface area contributed by atoms with Gasteiger partial charge in [0, 0.05) is 6.04 Å². The smallest absolute Gasteiger partial charge is 0.321 e. The minimum absolute atomic E-state index is 0.203. The number of likely N-dealkylation sites (tertiary alicyclic amines) is 1. The van der Waals surface area contributed by atoms with Crippen LogP contribution in [0.5, 0.6) is 0 Å². The molecule has 0 aromatic heterocycles. The van der Waals surface area contributed by atoms with Gasteiger partial charge in [-0.3, -0.25) is 9.69 Å². The van der Waals surface area contributed by atoms with Crippen molar-refractivity contribution in [2.24, 2.45) is 5.92 Å². The molecular weight excluding hydrogens is 206 g/mol. The molecule has 1 heterocycles. The number of rotatable bonds is 3. The number of carboxylic acids is 1. The van der Waals surface area contributed by atoms with Crippen LogP contribution >= 0.6 is 0 Å². The highest BCUT2D eigenvalue weighted by Crippen LogP contribution is 2.42. The summed E-state index contributed by atoms with van der Waals surface area (Å²) in [6.45, 7) is 6.44. The first kappa shape index (κ1) is 11.9. The maximum absolute atomic E-state index is 11.2. The van der Waals surface area contributed by atoms with E-state index < -0.39 is 5.97 Å². The highest BCUT2D eigenvalue weighted by molar-refractivity contribution is 5.74. The highest BCUT2D eigenvalue weighted by atomic mass is 16.5. The van der Waals surface area contributed by atoms with E-state index >= 15 is 0 Å². The highest BCUT2D eigenvalue weighted by Gasteiger charge is 2.49. The van der Waals surface area contributed by atoms with Crippen LogP contribution in [0.2, 0.25) is 0 Å². The van der Waals surface area contributed by atoms with Crippen molar-refractivity contribution >= 4 is 5.97 Å². The Morgan fingerprint density at radius 3 is 2.69 bits per heavy atom. The number of hydrogen-bond acceptors (Lipinski definition) is 3. The summed E-state index contributed by atoms with van der Waals surface area (Å²) in [5.41, 5.74) is -0.203. The Bertz CT molecular complexity index is 284. The molecule has 1 aliphatic heterocycles. The molecule has 2 fully saturated rings. The molecule has 3 atom stereocenters. The van der Waals surface area contributed by atoms with Gasteiger partial charge < -0.3 is 9.84 Å². The first-order valence-corrected chi connectivity index (χ1v) is 6.01. The molecule has 4 nitrogen and oxygen atoms in total. The second-order valence-electron chi connectivity index (χ2n) is 5.91. The molecule has 4 heteroatoms. The topological polar surface area (TPSA) is 49.8 Å². The third-order valence-corrected chi connectivity index (χ3v) is 3.62. The van der Waals surface area contributed by atoms with Crippen molar-refractivity contribution in [1.29, 1.82) is 0 Å². The average molecular weight is 227 g/mol. The number of ether oxygens (including phenoxy) is 1. The zero-order valence-electron chi connectivity index (χ0n) is 10.3. The van der Waals surface area contributed by atoms with E-state index in [1.165, 1.54) is 0 Å². The third kappa shape index (κ3) is 2.23. The Morgan fingerprint density at radius 2 is 2.12 bits per heavy atom. The summed E-state index contributed by atoms with van der Waals surface area (Å²) in [4.78, 5) is 13.3. The molecule has 1 saturated heterocycles. The number of hydrogen-bond donors (Lipinski definition) is 1. The van der Waals surface area contributed by atoms with Gasteiger partial charge in [0.2, 0.25) is 0 Å². The fourth-order valence-corrected chi connectivity index (χ4v) is 2.87. The van der Waals surface area contributed by atoms with Crippen LogP contribution in [-0.2, 0) is 9.53 Å². The molecular formula is C12H21NO3. The predicted octanol–water partition coefficient (Wildman–Crippen LogP) is 1.70. The minimum atomic E-state index is -0.690. The lowest BCUT2D eigenvalue weighted by Crippen LogP contribution is -2.47. The van der Waals surface area contributed by atoms with Gasteiger partial charge in [-0.05, 0) is 46.0 Å². The van der Waals surface area contributed by atoms with E-state index in [0.29, 0.717) is 18.7 Å². The molecule has 0 aromatic rings. The zero-order chi connectivity index (χ0) is 11.9. The summed E-state index contributed by atoms with van der Waals surface area (Å²) >= 11 is 0. The number of nitrogens with zero attached hydrogens (tertiary/aromatic N) is 1. The van der Waals surface area contributed by atoms with Crippen LogP contribution in [0.3, 0.4) is 0 Å². The molecule has 2 aliphatic rings. The summed E-state index contributed by atoms with van der Waals surface area (Å²) in [5, 5.41) is 9.24. The van der Waals surface area contributed by atoms with Crippen molar-refractivity contribution in [3.05, 3.63) is 0 Å². The first-order chi connectivity index (χ1) is 7.38. The van der Waals surface area contributed by atoms with Gasteiger partial charge in [0.1, 0.15) is 12.8 Å². The van der Waals surface area contributed by atoms with Crippen LogP contribution in [0.15, 0.2) is 0 Å². The van der Waals surface area contributed by atoms with Crippen LogP contribution in [0.1, 0.15) is 40.0 Å². The van der Waals surface area contributed by atoms with Crippen LogP contribution < -0.4 is 0 Å². The first-order valence-electron chi connectivity index (χ1n) is 6.01. The largest absolute Gasteiger partial charge is 0.480 e. The molecule has 1 N–H and O–H groups in total. The van der Waals surface area contributed by atoms with E-state index in [1.54, 1.807) is 0 Å². The van der Waals surface area contributed by atoms with Gasteiger partial charge in [-0.2, -0.15) is 0 Å². The van der Waals surface area contributed by atoms with E-state index in [0.717, 1.165) is 19.3 Å². The van der Waals surface area contributed by atoms with Crippen molar-refractivity contribution in [3.8, 4) is 0 Å². The summed E-state index contributed by atoms with van der Waals surface area (Å²) in [6, 6.07) is 0.106. The lowest BCUT2D eigenvalue weighted by molar-refractivity contribution is -0.152. The Kier molecular flexibility index (Phi) is 2.97. The van der Waals surface area contributed by atoms with E-state index in [-0.39, 0.29) is 11.6 Å². The summed E-state index contributed by atoms with van der Waals surface area (Å²) in [7, 11) is 0. The van der Waals surface area contributed by atoms with Crippen molar-refractivity contribution in [3.63, 3.8) is 0 Å². The Morgan fingerprint density at radius 1 is 1.44 bits per heavy atom. The van der Waals surface area contributed by atoms with E-state index in [4.69, 9.17) is 4.74 Å². The standard InChI is InChI=1S/C12H21NO3/c1-12(2,3)16-7-13-9-5-4-8(6-9)10(13)11(14)15/h8-10H,4-7H2,1-3H3,(H,14,15)/t8-,9+,10-/m0/s1. The summed E-state index contributed by atoms with van der Waals surface area (Å²) in [5.74, 6) is -0.351. The van der Waals surface area contributed by atoms with Crippen molar-refractivity contribution in [2.75, 3.05) is 6.73 Å². The predicted molar refractivity (Wildman–Crippen MR) is 60.1 cm³/mol. The fourth-order valence-electron chi connectivity index (χ4n) is 2.87. The normalized spacial score (nSPS) is 34.6. The van der Waals surface area contributed by atoms with Gasteiger partial charge in [-0.15, -0.1) is 0 Å². The molecule has 1 saturated carbocycles. The maximum Gasteiger partial charge on any atom is 0.321 e. The maximum atomic E-state index is 11.2. The molecule has 2 bridgehead atoms. The Hall–Kier alpha value is -0.610. The molecule has 0 spiro atoms. The average Bonchev–Trinajstić information content (AvgIpc) is 2.71. The number of carboxylic acid groups (broad SMARTS) is 1. The van der Waals surface area contributed by atoms with Crippen molar-refractivity contribution < 1.29 is 14.6 Å². The van der Waals surface area contributed by atoms with E-state index in [2.05, 4.69) is 0 Å². The molecule has 0 unspecified atom stereocenters. The van der Waals surface area contributed by atoms with Crippen molar-refractivity contribution in [1.82, 2.24) is 4.90 Å². The Balaban J connectivity index is 1.99. The molecule has 1 aliphatic carbocycles. The second-order valence-corrected chi connectivity index (χ2v) is 5.91. The van der Waals surface area contributed by atoms with Gasteiger partial charge >= 0.3 is 5.97 Å². The fraction of sp³-hybridized carbons (Fsp3) is 0.917. The lowest BCUT2D eigenvalue weighted by Gasteiger charge is -2.34. The number of aliphatic carboxylic acids is 1. The van der Waals surface area contributed by atoms with Crippen LogP contribution in [0, 0.1) is 5.92 Å². The molecule has 0 aromatic carbocycles. The monoisotopic (exact) mass is 227 g/mol. The molecule has 0 amide bonds. The quantitative estimate of drug-likeness (QED) is 0.797. The van der Waals surface area contributed by atoms with Gasteiger partial charge in [-0.1, -0.05) is 0 Å². The zero-order valence-corrected chi connectivity index (χ0v) is 10.3. The summed E-state index contributed by atoms with van der Waals surface area (Å²) < 4.78 is 5.71. The number of piperidine rings is 1. The van der Waals surface area contributed by atoms with E-state index in [1.807, 2.05) is 25.7 Å². The van der Waals surface area contributed by atoms with Gasteiger partial charge in [0.05, 0.1) is 5.60 Å². The second kappa shape index (κ2) is 4.00. The number of fused-ring (bicyclic) bond motifs is 2. The lowest BCUT2D eigenvalue weighted by atomic mass is 9.99. The molecule has 92 valence electrons. The van der Waals surface area contributed by atoms with Gasteiger partial charge in [0.15, 0.2) is 0 Å². The summed E-state index contributed by atoms with van der Waals surface area (Å²) in [6.07, 6.45) is 3.22. The minimum Gasteiger partial charge on any atom is -0.480 e. The van der Waals surface area contributed by atoms with Crippen LogP contribution in [0.4, 0.5) is 0 Å². The van der Waals surface area contributed by atoms with Gasteiger partial charge in [0.25, 0.3) is 0 Å². The van der Waals surface area contributed by atoms with Crippen molar-refractivity contribution in [2.45, 2.75) is 57.7 Å².